The maximum atomic E-state index is 12.0. The minimum Gasteiger partial charge on any atom is -0.305 e. The summed E-state index contributed by atoms with van der Waals surface area (Å²) < 4.78 is 0.886. The Balaban J connectivity index is 2.22. The van der Waals surface area contributed by atoms with Crippen molar-refractivity contribution in [3.8, 4) is 0 Å². The maximum absolute atomic E-state index is 12.0. The largest absolute Gasteiger partial charge is 0.305 e. The van der Waals surface area contributed by atoms with Crippen LogP contribution in [0.15, 0.2) is 34.8 Å². The molecule has 4 nitrogen and oxygen atoms in total. The van der Waals surface area contributed by atoms with Crippen molar-refractivity contribution in [1.82, 2.24) is 10.2 Å². The van der Waals surface area contributed by atoms with Gasteiger partial charge in [0.05, 0.1) is 0 Å². The SMILES string of the molecule is Cc1c(Br)cccc1C(=O)Nc1ccc(Cl)nn1. The number of carbonyl (C=O) groups is 1. The van der Waals surface area contributed by atoms with Crippen LogP contribution in [0.1, 0.15) is 15.9 Å². The molecule has 0 fully saturated rings. The number of carbonyl (C=O) groups excluding carboxylic acids is 1. The quantitative estimate of drug-likeness (QED) is 0.919. The van der Waals surface area contributed by atoms with Gasteiger partial charge in [-0.05, 0) is 36.8 Å². The molecule has 6 heteroatoms. The van der Waals surface area contributed by atoms with Gasteiger partial charge in [-0.15, -0.1) is 10.2 Å². The van der Waals surface area contributed by atoms with Gasteiger partial charge < -0.3 is 5.32 Å². The van der Waals surface area contributed by atoms with Gasteiger partial charge in [0.25, 0.3) is 5.91 Å². The Morgan fingerprint density at radius 1 is 1.28 bits per heavy atom. The second-order valence-corrected chi connectivity index (χ2v) is 4.85. The lowest BCUT2D eigenvalue weighted by atomic mass is 10.1. The molecule has 1 aromatic heterocycles. The van der Waals surface area contributed by atoms with Gasteiger partial charge in [-0.1, -0.05) is 33.6 Å². The Hall–Kier alpha value is -1.46. The van der Waals surface area contributed by atoms with Crippen LogP contribution in [0, 0.1) is 6.92 Å². The molecule has 0 aliphatic carbocycles. The van der Waals surface area contributed by atoms with Crippen molar-refractivity contribution in [1.29, 1.82) is 0 Å². The highest BCUT2D eigenvalue weighted by Crippen LogP contribution is 2.20. The smallest absolute Gasteiger partial charge is 0.257 e. The molecule has 0 radical (unpaired) electrons. The van der Waals surface area contributed by atoms with Gasteiger partial charge >= 0.3 is 0 Å². The van der Waals surface area contributed by atoms with E-state index in [1.807, 2.05) is 13.0 Å². The summed E-state index contributed by atoms with van der Waals surface area (Å²) in [4.78, 5) is 12.0. The first-order valence-electron chi connectivity index (χ1n) is 5.13. The Kier molecular flexibility index (Phi) is 3.93. The molecule has 0 aliphatic heterocycles. The van der Waals surface area contributed by atoms with E-state index in [1.165, 1.54) is 0 Å². The zero-order chi connectivity index (χ0) is 13.1. The number of nitrogens with one attached hydrogen (secondary N) is 1. The van der Waals surface area contributed by atoms with E-state index >= 15 is 0 Å². The second kappa shape index (κ2) is 5.46. The Morgan fingerprint density at radius 3 is 2.72 bits per heavy atom. The molecule has 0 bridgehead atoms. The number of hydrogen-bond donors (Lipinski definition) is 1. The molecule has 0 saturated heterocycles. The van der Waals surface area contributed by atoms with Gasteiger partial charge in [0.15, 0.2) is 11.0 Å². The van der Waals surface area contributed by atoms with Gasteiger partial charge in [0.1, 0.15) is 0 Å². The standard InChI is InChI=1S/C12H9BrClN3O/c1-7-8(3-2-4-9(7)13)12(18)15-11-6-5-10(14)16-17-11/h2-6H,1H3,(H,15,17,18). The predicted molar refractivity (Wildman–Crippen MR) is 73.9 cm³/mol. The van der Waals surface area contributed by atoms with Gasteiger partial charge in [-0.3, -0.25) is 4.79 Å². The van der Waals surface area contributed by atoms with Crippen LogP contribution in [0.25, 0.3) is 0 Å². The summed E-state index contributed by atoms with van der Waals surface area (Å²) in [5.41, 5.74) is 1.46. The van der Waals surface area contributed by atoms with E-state index in [9.17, 15) is 4.79 Å². The third kappa shape index (κ3) is 2.86. The lowest BCUT2D eigenvalue weighted by molar-refractivity contribution is 0.102. The van der Waals surface area contributed by atoms with Crippen molar-refractivity contribution in [3.63, 3.8) is 0 Å². The van der Waals surface area contributed by atoms with Gasteiger partial charge in [-0.25, -0.2) is 0 Å². The van der Waals surface area contributed by atoms with E-state index in [2.05, 4.69) is 31.4 Å². The average Bonchev–Trinajstić information content (AvgIpc) is 2.35. The zero-order valence-corrected chi connectivity index (χ0v) is 11.8. The number of hydrogen-bond acceptors (Lipinski definition) is 3. The third-order valence-electron chi connectivity index (χ3n) is 2.39. The van der Waals surface area contributed by atoms with Gasteiger partial charge in [0, 0.05) is 10.0 Å². The summed E-state index contributed by atoms with van der Waals surface area (Å²) in [6.45, 7) is 1.87. The molecule has 1 amide bonds. The van der Waals surface area contributed by atoms with E-state index in [4.69, 9.17) is 11.6 Å². The fourth-order valence-electron chi connectivity index (χ4n) is 1.42. The number of rotatable bonds is 2. The monoisotopic (exact) mass is 325 g/mol. The Labute approximate surface area is 118 Å². The first-order chi connectivity index (χ1) is 8.58. The molecule has 0 atom stereocenters. The molecular weight excluding hydrogens is 318 g/mol. The molecule has 0 unspecified atom stereocenters. The first-order valence-corrected chi connectivity index (χ1v) is 6.30. The second-order valence-electron chi connectivity index (χ2n) is 3.61. The summed E-state index contributed by atoms with van der Waals surface area (Å²) in [5, 5.41) is 10.4. The number of benzene rings is 1. The highest BCUT2D eigenvalue weighted by Gasteiger charge is 2.11. The summed E-state index contributed by atoms with van der Waals surface area (Å²) in [6.07, 6.45) is 0. The van der Waals surface area contributed by atoms with Gasteiger partial charge in [-0.2, -0.15) is 0 Å². The van der Waals surface area contributed by atoms with Crippen LogP contribution in [0.3, 0.4) is 0 Å². The van der Waals surface area contributed by atoms with Crippen LogP contribution < -0.4 is 5.32 Å². The molecule has 1 N–H and O–H groups in total. The molecule has 0 spiro atoms. The highest BCUT2D eigenvalue weighted by atomic mass is 79.9. The lowest BCUT2D eigenvalue weighted by Crippen LogP contribution is -2.14. The zero-order valence-electron chi connectivity index (χ0n) is 9.45. The normalized spacial score (nSPS) is 10.2. The molecular formula is C12H9BrClN3O. The Bertz CT molecular complexity index is 586. The summed E-state index contributed by atoms with van der Waals surface area (Å²) in [7, 11) is 0. The van der Waals surface area contributed by atoms with Crippen LogP contribution in [0.4, 0.5) is 5.82 Å². The number of nitrogens with zero attached hydrogens (tertiary/aromatic N) is 2. The number of anilines is 1. The maximum Gasteiger partial charge on any atom is 0.257 e. The molecule has 92 valence electrons. The summed E-state index contributed by atoms with van der Waals surface area (Å²) >= 11 is 9.00. The summed E-state index contributed by atoms with van der Waals surface area (Å²) in [6, 6.07) is 8.60. The number of amides is 1. The van der Waals surface area contributed by atoms with Crippen molar-refractivity contribution in [3.05, 3.63) is 51.1 Å². The van der Waals surface area contributed by atoms with E-state index < -0.39 is 0 Å². The molecule has 2 rings (SSSR count). The molecule has 1 aromatic carbocycles. The van der Waals surface area contributed by atoms with Gasteiger partial charge in [0.2, 0.25) is 0 Å². The molecule has 1 heterocycles. The van der Waals surface area contributed by atoms with E-state index in [0.717, 1.165) is 10.0 Å². The minimum atomic E-state index is -0.231. The fraction of sp³-hybridized carbons (Fsp3) is 0.0833. The number of aromatic nitrogens is 2. The van der Waals surface area contributed by atoms with Crippen molar-refractivity contribution < 1.29 is 4.79 Å². The van der Waals surface area contributed by atoms with Crippen molar-refractivity contribution in [2.45, 2.75) is 6.92 Å². The first kappa shape index (κ1) is 13.0. The van der Waals surface area contributed by atoms with Crippen LogP contribution in [-0.2, 0) is 0 Å². The lowest BCUT2D eigenvalue weighted by Gasteiger charge is -2.07. The topological polar surface area (TPSA) is 54.9 Å². The highest BCUT2D eigenvalue weighted by molar-refractivity contribution is 9.10. The van der Waals surface area contributed by atoms with Crippen LogP contribution in [0.2, 0.25) is 5.15 Å². The third-order valence-corrected chi connectivity index (χ3v) is 3.45. The summed E-state index contributed by atoms with van der Waals surface area (Å²) in [5.74, 6) is 0.134. The van der Waals surface area contributed by atoms with Crippen molar-refractivity contribution in [2.75, 3.05) is 5.32 Å². The average molecular weight is 327 g/mol. The number of halogens is 2. The van der Waals surface area contributed by atoms with E-state index in [0.29, 0.717) is 11.4 Å². The minimum absolute atomic E-state index is 0.231. The molecule has 2 aromatic rings. The molecule has 0 saturated carbocycles. The Morgan fingerprint density at radius 2 is 2.06 bits per heavy atom. The van der Waals surface area contributed by atoms with Crippen LogP contribution in [-0.4, -0.2) is 16.1 Å². The van der Waals surface area contributed by atoms with Crippen molar-refractivity contribution in [2.24, 2.45) is 0 Å². The van der Waals surface area contributed by atoms with Crippen molar-refractivity contribution >= 4 is 39.3 Å². The van der Waals surface area contributed by atoms with Crippen LogP contribution in [0.5, 0.6) is 0 Å². The van der Waals surface area contributed by atoms with E-state index in [1.54, 1.807) is 24.3 Å². The predicted octanol–water partition coefficient (Wildman–Crippen LogP) is 3.45. The van der Waals surface area contributed by atoms with Crippen LogP contribution >= 0.6 is 27.5 Å². The molecule has 0 aliphatic rings. The molecule has 18 heavy (non-hydrogen) atoms. The van der Waals surface area contributed by atoms with E-state index in [-0.39, 0.29) is 11.1 Å². The fourth-order valence-corrected chi connectivity index (χ4v) is 1.89.